The molecular formula is C45H26N2S3. The van der Waals surface area contributed by atoms with Crippen molar-refractivity contribution >= 4 is 123 Å². The lowest BCUT2D eigenvalue weighted by atomic mass is 10.0. The third-order valence-electron chi connectivity index (χ3n) is 9.87. The number of aromatic nitrogens is 1. The predicted octanol–water partition coefficient (Wildman–Crippen LogP) is 14.5. The number of para-hydroxylation sites is 1. The molecule has 2 nitrogen and oxygen atoms in total. The van der Waals surface area contributed by atoms with E-state index in [1.165, 1.54) is 66.6 Å². The smallest absolute Gasteiger partial charge is 0.124 e. The summed E-state index contributed by atoms with van der Waals surface area (Å²) in [6, 6.07) is 57.8. The lowest BCUT2D eigenvalue weighted by Gasteiger charge is -2.26. The second-order valence-electron chi connectivity index (χ2n) is 12.8. The van der Waals surface area contributed by atoms with Gasteiger partial charge in [0.15, 0.2) is 0 Å². The van der Waals surface area contributed by atoms with Crippen LogP contribution in [0.1, 0.15) is 0 Å². The zero-order valence-electron chi connectivity index (χ0n) is 26.6. The average Bonchev–Trinajstić information content (AvgIpc) is 3.89. The third kappa shape index (κ3) is 4.34. The third-order valence-corrected chi connectivity index (χ3v) is 13.4. The topological polar surface area (TPSA) is 16.1 Å². The fourth-order valence-electron chi connectivity index (χ4n) is 7.45. The van der Waals surface area contributed by atoms with E-state index >= 15 is 0 Å². The minimum atomic E-state index is 1.04. The highest BCUT2D eigenvalue weighted by atomic mass is 32.1. The molecule has 0 unspecified atom stereocenters. The number of thiophene rings is 2. The first-order valence-electron chi connectivity index (χ1n) is 16.7. The van der Waals surface area contributed by atoms with Crippen LogP contribution in [0.3, 0.4) is 0 Å². The van der Waals surface area contributed by atoms with Crippen molar-refractivity contribution in [3.05, 3.63) is 158 Å². The van der Waals surface area contributed by atoms with Gasteiger partial charge < -0.3 is 4.90 Å². The Morgan fingerprint density at radius 1 is 0.380 bits per heavy atom. The minimum absolute atomic E-state index is 1.04. The van der Waals surface area contributed by atoms with Gasteiger partial charge in [-0.1, -0.05) is 84.9 Å². The highest BCUT2D eigenvalue weighted by Crippen LogP contribution is 2.45. The van der Waals surface area contributed by atoms with Gasteiger partial charge in [-0.2, -0.15) is 0 Å². The Hall–Kier alpha value is -5.59. The van der Waals surface area contributed by atoms with Crippen LogP contribution in [0, 0.1) is 0 Å². The van der Waals surface area contributed by atoms with Crippen LogP contribution in [0.5, 0.6) is 0 Å². The SMILES string of the molecule is c1ccc2sc(-c3ccc(N(c4ccc5ccc6c7ccccc7sc6c5c4)c4ccc5ccc6c7ccccc7sc6c5c4)cc3)nc2c1. The Labute approximate surface area is 299 Å². The van der Waals surface area contributed by atoms with Gasteiger partial charge in [-0.05, 0) is 83.6 Å². The molecule has 0 radical (unpaired) electrons. The van der Waals surface area contributed by atoms with E-state index in [1.807, 2.05) is 22.7 Å². The van der Waals surface area contributed by atoms with Gasteiger partial charge in [-0.3, -0.25) is 0 Å². The van der Waals surface area contributed by atoms with Crippen molar-refractivity contribution in [1.82, 2.24) is 4.98 Å². The van der Waals surface area contributed by atoms with Crippen LogP contribution in [0.2, 0.25) is 0 Å². The van der Waals surface area contributed by atoms with E-state index < -0.39 is 0 Å². The number of benzene rings is 8. The summed E-state index contributed by atoms with van der Waals surface area (Å²) in [6.07, 6.45) is 0. The number of hydrogen-bond acceptors (Lipinski definition) is 5. The molecule has 0 amide bonds. The molecule has 0 saturated carbocycles. The van der Waals surface area contributed by atoms with E-state index in [4.69, 9.17) is 4.98 Å². The maximum atomic E-state index is 4.94. The molecule has 0 aliphatic carbocycles. The fraction of sp³-hybridized carbons (Fsp3) is 0. The average molecular weight is 691 g/mol. The number of fused-ring (bicyclic) bond motifs is 11. The van der Waals surface area contributed by atoms with Crippen LogP contribution in [0.15, 0.2) is 158 Å². The summed E-state index contributed by atoms with van der Waals surface area (Å²) >= 11 is 5.52. The number of rotatable bonds is 4. The molecule has 0 spiro atoms. The van der Waals surface area contributed by atoms with Gasteiger partial charge >= 0.3 is 0 Å². The van der Waals surface area contributed by atoms with E-state index in [2.05, 4.69) is 163 Å². The Bertz CT molecular complexity index is 2920. The van der Waals surface area contributed by atoms with Gasteiger partial charge in [-0.15, -0.1) is 34.0 Å². The molecule has 8 aromatic carbocycles. The van der Waals surface area contributed by atoms with Gasteiger partial charge in [0.25, 0.3) is 0 Å². The summed E-state index contributed by atoms with van der Waals surface area (Å²) in [7, 11) is 0. The molecule has 0 aliphatic heterocycles. The molecule has 0 saturated heterocycles. The van der Waals surface area contributed by atoms with Crippen molar-refractivity contribution in [1.29, 1.82) is 0 Å². The Morgan fingerprint density at radius 2 is 0.880 bits per heavy atom. The molecule has 234 valence electrons. The number of nitrogens with zero attached hydrogens (tertiary/aromatic N) is 2. The summed E-state index contributed by atoms with van der Waals surface area (Å²) in [4.78, 5) is 7.36. The van der Waals surface area contributed by atoms with Gasteiger partial charge in [-0.25, -0.2) is 4.98 Å². The molecule has 0 atom stereocenters. The molecule has 3 aromatic heterocycles. The van der Waals surface area contributed by atoms with Crippen LogP contribution in [0.4, 0.5) is 17.1 Å². The molecule has 50 heavy (non-hydrogen) atoms. The van der Waals surface area contributed by atoms with Crippen LogP contribution >= 0.6 is 34.0 Å². The zero-order valence-corrected chi connectivity index (χ0v) is 29.1. The van der Waals surface area contributed by atoms with Crippen molar-refractivity contribution in [3.63, 3.8) is 0 Å². The van der Waals surface area contributed by atoms with Crippen molar-refractivity contribution in [2.45, 2.75) is 0 Å². The first kappa shape index (κ1) is 28.3. The quantitative estimate of drug-likeness (QED) is 0.183. The second kappa shape index (κ2) is 11.0. The molecule has 3 heterocycles. The van der Waals surface area contributed by atoms with Gasteiger partial charge in [0.2, 0.25) is 0 Å². The predicted molar refractivity (Wildman–Crippen MR) is 221 cm³/mol. The van der Waals surface area contributed by atoms with Crippen molar-refractivity contribution < 1.29 is 0 Å². The Balaban J connectivity index is 1.13. The highest BCUT2D eigenvalue weighted by molar-refractivity contribution is 7.27. The van der Waals surface area contributed by atoms with Crippen molar-refractivity contribution in [2.75, 3.05) is 4.90 Å². The molecular weight excluding hydrogens is 665 g/mol. The first-order chi connectivity index (χ1) is 24.7. The molecule has 0 N–H and O–H groups in total. The first-order valence-corrected chi connectivity index (χ1v) is 19.1. The van der Waals surface area contributed by atoms with E-state index in [9.17, 15) is 0 Å². The van der Waals surface area contributed by atoms with E-state index in [0.29, 0.717) is 0 Å². The van der Waals surface area contributed by atoms with E-state index in [0.717, 1.165) is 33.1 Å². The van der Waals surface area contributed by atoms with Gasteiger partial charge in [0.05, 0.1) is 10.2 Å². The Morgan fingerprint density at radius 3 is 1.46 bits per heavy atom. The number of hydrogen-bond donors (Lipinski definition) is 0. The normalized spacial score (nSPS) is 12.0. The zero-order chi connectivity index (χ0) is 32.8. The summed E-state index contributed by atoms with van der Waals surface area (Å²) in [5, 5.41) is 11.4. The molecule has 0 bridgehead atoms. The lowest BCUT2D eigenvalue weighted by Crippen LogP contribution is -2.10. The maximum absolute atomic E-state index is 4.94. The van der Waals surface area contributed by atoms with Crippen LogP contribution in [-0.4, -0.2) is 4.98 Å². The number of anilines is 3. The molecule has 11 rings (SSSR count). The highest BCUT2D eigenvalue weighted by Gasteiger charge is 2.18. The Kier molecular flexibility index (Phi) is 6.20. The van der Waals surface area contributed by atoms with E-state index in [-0.39, 0.29) is 0 Å². The summed E-state index contributed by atoms with van der Waals surface area (Å²) in [5.74, 6) is 0. The molecule has 5 heteroatoms. The molecule has 11 aromatic rings. The van der Waals surface area contributed by atoms with Crippen LogP contribution in [0.25, 0.3) is 82.7 Å². The number of thiazole rings is 1. The fourth-order valence-corrected chi connectivity index (χ4v) is 10.9. The standard InChI is InChI=1S/C45H26N2S3/c1-4-10-40-33(7-1)35-23-17-27-13-21-31(25-37(27)43(35)48-40)47(30-19-15-29(16-20-30)45-46-39-9-3-6-12-42(39)50-45)32-22-14-28-18-24-36-34-8-2-5-11-41(34)49-44(36)38(28)26-32/h1-26H. The second-order valence-corrected chi connectivity index (χ2v) is 15.9. The summed E-state index contributed by atoms with van der Waals surface area (Å²) < 4.78 is 6.53. The van der Waals surface area contributed by atoms with Crippen LogP contribution in [-0.2, 0) is 0 Å². The van der Waals surface area contributed by atoms with Gasteiger partial charge in [0.1, 0.15) is 5.01 Å². The lowest BCUT2D eigenvalue weighted by molar-refractivity contribution is 1.29. The largest absolute Gasteiger partial charge is 0.310 e. The maximum Gasteiger partial charge on any atom is 0.124 e. The van der Waals surface area contributed by atoms with Crippen molar-refractivity contribution in [2.24, 2.45) is 0 Å². The van der Waals surface area contributed by atoms with Crippen LogP contribution < -0.4 is 4.90 Å². The minimum Gasteiger partial charge on any atom is -0.310 e. The van der Waals surface area contributed by atoms with Crippen molar-refractivity contribution in [3.8, 4) is 10.6 Å². The summed E-state index contributed by atoms with van der Waals surface area (Å²) in [6.45, 7) is 0. The molecule has 0 fully saturated rings. The summed E-state index contributed by atoms with van der Waals surface area (Å²) in [5.41, 5.74) is 5.56. The van der Waals surface area contributed by atoms with Gasteiger partial charge in [0, 0.05) is 73.7 Å². The monoisotopic (exact) mass is 690 g/mol. The molecule has 0 aliphatic rings. The van der Waals surface area contributed by atoms with E-state index in [1.54, 1.807) is 11.3 Å².